The average molecular weight is 314 g/mol. The number of carbonyl (C=O) groups is 1. The van der Waals surface area contributed by atoms with Crippen molar-refractivity contribution in [3.63, 3.8) is 0 Å². The van der Waals surface area contributed by atoms with Gasteiger partial charge in [-0.1, -0.05) is 20.8 Å². The van der Waals surface area contributed by atoms with Crippen LogP contribution in [0.2, 0.25) is 0 Å². The maximum absolute atomic E-state index is 11.5. The number of hydrogen-bond donors (Lipinski definition) is 2. The Morgan fingerprint density at radius 1 is 1.29 bits per heavy atom. The molecule has 1 amide bonds. The van der Waals surface area contributed by atoms with Crippen LogP contribution >= 0.6 is 0 Å². The Balaban J connectivity index is 3.28. The van der Waals surface area contributed by atoms with Crippen LogP contribution in [0.15, 0.2) is 23.1 Å². The van der Waals surface area contributed by atoms with Crippen LogP contribution in [0, 0.1) is 0 Å². The largest absolute Gasteiger partial charge is 0.480 e. The van der Waals surface area contributed by atoms with E-state index in [1.165, 1.54) is 18.2 Å². The number of nitrogens with two attached hydrogens (primary N) is 2. The van der Waals surface area contributed by atoms with Crippen LogP contribution in [-0.4, -0.2) is 20.4 Å². The Morgan fingerprint density at radius 2 is 1.90 bits per heavy atom. The number of hydrogen-bond acceptors (Lipinski definition) is 4. The number of sulfonamides is 1. The van der Waals surface area contributed by atoms with Crippen molar-refractivity contribution >= 4 is 15.9 Å². The fraction of sp³-hybridized carbons (Fsp3) is 0.500. The molecular formula is C14H22N2O4S. The molecule has 0 aromatic heterocycles. The molecule has 6 nitrogen and oxygen atoms in total. The van der Waals surface area contributed by atoms with Crippen LogP contribution in [0.25, 0.3) is 0 Å². The van der Waals surface area contributed by atoms with Gasteiger partial charge >= 0.3 is 0 Å². The summed E-state index contributed by atoms with van der Waals surface area (Å²) in [5, 5.41) is 5.15. The van der Waals surface area contributed by atoms with Crippen LogP contribution in [0.1, 0.15) is 45.1 Å². The Hall–Kier alpha value is -1.60. The first kappa shape index (κ1) is 17.5. The van der Waals surface area contributed by atoms with Crippen molar-refractivity contribution < 1.29 is 17.9 Å². The van der Waals surface area contributed by atoms with E-state index in [4.69, 9.17) is 15.6 Å². The smallest absolute Gasteiger partial charge is 0.258 e. The second kappa shape index (κ2) is 6.91. The fourth-order valence-corrected chi connectivity index (χ4v) is 2.46. The zero-order chi connectivity index (χ0) is 16.2. The summed E-state index contributed by atoms with van der Waals surface area (Å²) in [5.74, 6) is -0.0300. The third-order valence-corrected chi connectivity index (χ3v) is 4.32. The van der Waals surface area contributed by atoms with Gasteiger partial charge in [0.1, 0.15) is 5.75 Å². The van der Waals surface area contributed by atoms with Gasteiger partial charge in [-0.15, -0.1) is 0 Å². The molecule has 4 N–H and O–H groups in total. The van der Waals surface area contributed by atoms with E-state index in [-0.39, 0.29) is 10.8 Å². The molecule has 0 fully saturated rings. The first-order chi connectivity index (χ1) is 9.70. The van der Waals surface area contributed by atoms with E-state index in [2.05, 4.69) is 0 Å². The lowest BCUT2D eigenvalue weighted by molar-refractivity contribution is -0.124. The lowest BCUT2D eigenvalue weighted by Crippen LogP contribution is -2.33. The van der Waals surface area contributed by atoms with E-state index in [1.54, 1.807) is 6.92 Å². The predicted molar refractivity (Wildman–Crippen MR) is 80.4 cm³/mol. The minimum atomic E-state index is -3.78. The zero-order valence-corrected chi connectivity index (χ0v) is 13.3. The van der Waals surface area contributed by atoms with Crippen LogP contribution in [0.3, 0.4) is 0 Å². The molecule has 0 aliphatic carbocycles. The van der Waals surface area contributed by atoms with E-state index in [9.17, 15) is 13.2 Å². The number of rotatable bonds is 7. The first-order valence-corrected chi connectivity index (χ1v) is 8.38. The fourth-order valence-electron chi connectivity index (χ4n) is 1.91. The van der Waals surface area contributed by atoms with Crippen LogP contribution in [0.5, 0.6) is 5.75 Å². The van der Waals surface area contributed by atoms with Gasteiger partial charge in [0.25, 0.3) is 5.91 Å². The van der Waals surface area contributed by atoms with Crippen molar-refractivity contribution in [2.75, 3.05) is 0 Å². The predicted octanol–water partition coefficient (Wildman–Crippen LogP) is 1.49. The van der Waals surface area contributed by atoms with E-state index < -0.39 is 22.0 Å². The normalized spacial score (nSPS) is 14.5. The van der Waals surface area contributed by atoms with Crippen molar-refractivity contribution in [3.05, 3.63) is 23.8 Å². The Kier molecular flexibility index (Phi) is 5.74. The maximum Gasteiger partial charge on any atom is 0.258 e. The molecule has 118 valence electrons. The highest BCUT2D eigenvalue weighted by Gasteiger charge is 2.20. The van der Waals surface area contributed by atoms with Gasteiger partial charge in [-0.25, -0.2) is 13.6 Å². The molecule has 0 radical (unpaired) electrons. The standard InChI is InChI=1S/C14H22N2O4S/c1-4-9(3)11-8-10(21(16,18)19)6-7-13(11)20-12(5-2)14(15)17/h6-9,12H,4-5H2,1-3H3,(H2,15,17)(H2,16,18,19). The summed E-state index contributed by atoms with van der Waals surface area (Å²) in [6.07, 6.45) is 0.484. The molecule has 0 aliphatic heterocycles. The van der Waals surface area contributed by atoms with Crippen molar-refractivity contribution in [1.29, 1.82) is 0 Å². The van der Waals surface area contributed by atoms with Gasteiger partial charge in [0, 0.05) is 0 Å². The summed E-state index contributed by atoms with van der Waals surface area (Å²) in [5.41, 5.74) is 5.97. The SMILES string of the molecule is CCC(Oc1ccc(S(N)(=O)=O)cc1C(C)CC)C(N)=O. The van der Waals surface area contributed by atoms with Gasteiger partial charge in [-0.2, -0.15) is 0 Å². The van der Waals surface area contributed by atoms with Crippen molar-refractivity contribution in [2.45, 2.75) is 50.5 Å². The zero-order valence-electron chi connectivity index (χ0n) is 12.5. The summed E-state index contributed by atoms with van der Waals surface area (Å²) < 4.78 is 28.6. The number of carbonyl (C=O) groups excluding carboxylic acids is 1. The maximum atomic E-state index is 11.5. The molecule has 21 heavy (non-hydrogen) atoms. The van der Waals surface area contributed by atoms with Gasteiger partial charge in [-0.3, -0.25) is 4.79 Å². The average Bonchev–Trinajstić information content (AvgIpc) is 2.42. The Labute approximate surface area is 125 Å². The van der Waals surface area contributed by atoms with Crippen molar-refractivity contribution in [1.82, 2.24) is 0 Å². The monoisotopic (exact) mass is 314 g/mol. The van der Waals surface area contributed by atoms with Crippen LogP contribution < -0.4 is 15.6 Å². The van der Waals surface area contributed by atoms with Crippen molar-refractivity contribution in [3.8, 4) is 5.75 Å². The quantitative estimate of drug-likeness (QED) is 0.793. The molecule has 1 aromatic rings. The van der Waals surface area contributed by atoms with E-state index in [1.807, 2.05) is 13.8 Å². The lowest BCUT2D eigenvalue weighted by atomic mass is 9.97. The Morgan fingerprint density at radius 3 is 2.33 bits per heavy atom. The van der Waals surface area contributed by atoms with E-state index >= 15 is 0 Å². The van der Waals surface area contributed by atoms with Crippen LogP contribution in [-0.2, 0) is 14.8 Å². The summed E-state index contributed by atoms with van der Waals surface area (Å²) in [7, 11) is -3.78. The molecule has 0 bridgehead atoms. The van der Waals surface area contributed by atoms with Gasteiger partial charge < -0.3 is 10.5 Å². The minimum Gasteiger partial charge on any atom is -0.480 e. The van der Waals surface area contributed by atoms with E-state index in [0.29, 0.717) is 17.7 Å². The molecular weight excluding hydrogens is 292 g/mol. The summed E-state index contributed by atoms with van der Waals surface area (Å²) in [6.45, 7) is 5.71. The number of benzene rings is 1. The topological polar surface area (TPSA) is 112 Å². The lowest BCUT2D eigenvalue weighted by Gasteiger charge is -2.20. The summed E-state index contributed by atoms with van der Waals surface area (Å²) in [4.78, 5) is 11.3. The minimum absolute atomic E-state index is 0.0253. The molecule has 0 saturated carbocycles. The molecule has 0 spiro atoms. The highest BCUT2D eigenvalue weighted by molar-refractivity contribution is 7.89. The molecule has 0 heterocycles. The van der Waals surface area contributed by atoms with Gasteiger partial charge in [0.2, 0.25) is 10.0 Å². The molecule has 1 aromatic carbocycles. The molecule has 1 rings (SSSR count). The summed E-state index contributed by atoms with van der Waals surface area (Å²) >= 11 is 0. The highest BCUT2D eigenvalue weighted by atomic mass is 32.2. The summed E-state index contributed by atoms with van der Waals surface area (Å²) in [6, 6.07) is 4.38. The number of amides is 1. The van der Waals surface area contributed by atoms with Gasteiger partial charge in [0.15, 0.2) is 6.10 Å². The first-order valence-electron chi connectivity index (χ1n) is 6.83. The van der Waals surface area contributed by atoms with Gasteiger partial charge in [0.05, 0.1) is 4.90 Å². The third-order valence-electron chi connectivity index (χ3n) is 3.41. The molecule has 0 saturated heterocycles. The number of primary amides is 1. The molecule has 2 atom stereocenters. The highest BCUT2D eigenvalue weighted by Crippen LogP contribution is 2.31. The van der Waals surface area contributed by atoms with Crippen LogP contribution in [0.4, 0.5) is 0 Å². The third kappa shape index (κ3) is 4.44. The van der Waals surface area contributed by atoms with Crippen molar-refractivity contribution in [2.24, 2.45) is 10.9 Å². The van der Waals surface area contributed by atoms with Gasteiger partial charge in [-0.05, 0) is 42.5 Å². The molecule has 7 heteroatoms. The molecule has 0 aliphatic rings. The second-order valence-electron chi connectivity index (χ2n) is 4.97. The second-order valence-corrected chi connectivity index (χ2v) is 6.53. The Bertz CT molecular complexity index is 613. The number of ether oxygens (including phenoxy) is 1. The van der Waals surface area contributed by atoms with E-state index in [0.717, 1.165) is 6.42 Å². The molecule has 2 unspecified atom stereocenters. The number of primary sulfonamides is 1.